The number of nitrogens with one attached hydrogen (secondary N) is 1. The van der Waals surface area contributed by atoms with Crippen LogP contribution in [0.3, 0.4) is 0 Å². The minimum absolute atomic E-state index is 0.0351. The van der Waals surface area contributed by atoms with E-state index in [0.29, 0.717) is 5.56 Å². The van der Waals surface area contributed by atoms with Crippen LogP contribution in [0.15, 0.2) is 28.7 Å². The molecule has 1 aliphatic heterocycles. The summed E-state index contributed by atoms with van der Waals surface area (Å²) in [7, 11) is 0. The largest absolute Gasteiger partial charge is 0.341 e. The first-order chi connectivity index (χ1) is 9.99. The fraction of sp³-hybridized carbons (Fsp3) is 0.500. The molecule has 0 saturated carbocycles. The van der Waals surface area contributed by atoms with Crippen LogP contribution in [0.2, 0.25) is 0 Å². The first-order valence-electron chi connectivity index (χ1n) is 7.34. The van der Waals surface area contributed by atoms with Crippen LogP contribution >= 0.6 is 15.9 Å². The molecule has 0 unspecified atom stereocenters. The summed E-state index contributed by atoms with van der Waals surface area (Å²) in [5, 5.41) is 2.88. The van der Waals surface area contributed by atoms with Gasteiger partial charge in [0.25, 0.3) is 5.91 Å². The zero-order chi connectivity index (χ0) is 15.4. The summed E-state index contributed by atoms with van der Waals surface area (Å²) in [5.74, 6) is -0.0980. The zero-order valence-electron chi connectivity index (χ0n) is 12.4. The van der Waals surface area contributed by atoms with Gasteiger partial charge in [-0.05, 0) is 43.0 Å². The van der Waals surface area contributed by atoms with E-state index in [9.17, 15) is 9.59 Å². The van der Waals surface area contributed by atoms with Gasteiger partial charge in [-0.15, -0.1) is 0 Å². The van der Waals surface area contributed by atoms with Crippen molar-refractivity contribution in [2.24, 2.45) is 5.92 Å². The van der Waals surface area contributed by atoms with Crippen molar-refractivity contribution in [1.82, 2.24) is 10.2 Å². The summed E-state index contributed by atoms with van der Waals surface area (Å²) < 4.78 is 0.924. The maximum atomic E-state index is 12.5. The van der Waals surface area contributed by atoms with Crippen LogP contribution in [0.5, 0.6) is 0 Å². The maximum absolute atomic E-state index is 12.5. The lowest BCUT2D eigenvalue weighted by Gasteiger charge is -2.26. The average Bonchev–Trinajstić information content (AvgIpc) is 2.98. The first-order valence-corrected chi connectivity index (χ1v) is 8.13. The van der Waals surface area contributed by atoms with Gasteiger partial charge in [0.15, 0.2) is 0 Å². The highest BCUT2D eigenvalue weighted by Crippen LogP contribution is 2.15. The van der Waals surface area contributed by atoms with Crippen LogP contribution in [0.25, 0.3) is 0 Å². The van der Waals surface area contributed by atoms with Gasteiger partial charge in [0.2, 0.25) is 5.91 Å². The molecule has 0 spiro atoms. The molecular weight excluding hydrogens is 332 g/mol. The smallest absolute Gasteiger partial charge is 0.251 e. The van der Waals surface area contributed by atoms with Crippen molar-refractivity contribution in [3.05, 3.63) is 34.3 Å². The van der Waals surface area contributed by atoms with Crippen molar-refractivity contribution in [3.63, 3.8) is 0 Å². The molecule has 1 atom stereocenters. The molecule has 1 heterocycles. The number of rotatable bonds is 4. The third kappa shape index (κ3) is 4.06. The van der Waals surface area contributed by atoms with E-state index in [4.69, 9.17) is 0 Å². The number of carbonyl (C=O) groups excluding carboxylic acids is 2. The SMILES string of the molecule is CC(C)[C@@H](NC(=O)c1ccc(Br)cc1)C(=O)N1CCCC1. The molecule has 1 aromatic carbocycles. The van der Waals surface area contributed by atoms with Gasteiger partial charge >= 0.3 is 0 Å². The van der Waals surface area contributed by atoms with Crippen molar-refractivity contribution in [2.45, 2.75) is 32.7 Å². The van der Waals surface area contributed by atoms with Crippen molar-refractivity contribution >= 4 is 27.7 Å². The predicted octanol–water partition coefficient (Wildman–Crippen LogP) is 2.83. The van der Waals surface area contributed by atoms with E-state index in [1.54, 1.807) is 12.1 Å². The molecule has 1 N–H and O–H groups in total. The minimum atomic E-state index is -0.459. The Morgan fingerprint density at radius 1 is 1.14 bits per heavy atom. The molecule has 0 aromatic heterocycles. The summed E-state index contributed by atoms with van der Waals surface area (Å²) in [6.07, 6.45) is 2.11. The van der Waals surface area contributed by atoms with Crippen LogP contribution in [-0.4, -0.2) is 35.8 Å². The molecule has 5 heteroatoms. The molecule has 0 bridgehead atoms. The quantitative estimate of drug-likeness (QED) is 0.905. The van der Waals surface area contributed by atoms with E-state index in [1.807, 2.05) is 30.9 Å². The Labute approximate surface area is 134 Å². The molecule has 1 fully saturated rings. The fourth-order valence-corrected chi connectivity index (χ4v) is 2.74. The summed E-state index contributed by atoms with van der Waals surface area (Å²) in [4.78, 5) is 26.7. The fourth-order valence-electron chi connectivity index (χ4n) is 2.47. The molecule has 1 aliphatic rings. The first kappa shape index (κ1) is 16.0. The van der Waals surface area contributed by atoms with Gasteiger partial charge in [0.05, 0.1) is 0 Å². The molecule has 1 aromatic rings. The van der Waals surface area contributed by atoms with Crippen LogP contribution < -0.4 is 5.32 Å². The van der Waals surface area contributed by atoms with Gasteiger partial charge in [-0.3, -0.25) is 9.59 Å². The number of halogens is 1. The average molecular weight is 353 g/mol. The Morgan fingerprint density at radius 3 is 2.24 bits per heavy atom. The monoisotopic (exact) mass is 352 g/mol. The van der Waals surface area contributed by atoms with E-state index in [2.05, 4.69) is 21.2 Å². The van der Waals surface area contributed by atoms with E-state index in [1.165, 1.54) is 0 Å². The maximum Gasteiger partial charge on any atom is 0.251 e. The molecule has 2 amide bonds. The lowest BCUT2D eigenvalue weighted by Crippen LogP contribution is -2.50. The summed E-state index contributed by atoms with van der Waals surface area (Å²) in [6.45, 7) is 5.52. The lowest BCUT2D eigenvalue weighted by molar-refractivity contribution is -0.133. The second-order valence-electron chi connectivity index (χ2n) is 5.73. The van der Waals surface area contributed by atoms with Crippen molar-refractivity contribution in [3.8, 4) is 0 Å². The number of nitrogens with zero attached hydrogens (tertiary/aromatic N) is 1. The Bertz CT molecular complexity index is 508. The highest BCUT2D eigenvalue weighted by molar-refractivity contribution is 9.10. The molecule has 4 nitrogen and oxygen atoms in total. The van der Waals surface area contributed by atoms with E-state index in [0.717, 1.165) is 30.4 Å². The van der Waals surface area contributed by atoms with Gasteiger partial charge in [-0.1, -0.05) is 29.8 Å². The third-order valence-corrected chi connectivity index (χ3v) is 4.27. The second-order valence-corrected chi connectivity index (χ2v) is 6.65. The lowest BCUT2D eigenvalue weighted by atomic mass is 10.0. The van der Waals surface area contributed by atoms with Gasteiger partial charge < -0.3 is 10.2 Å². The Kier molecular flexibility index (Phi) is 5.39. The molecule has 0 radical (unpaired) electrons. The molecular formula is C16H21BrN2O2. The standard InChI is InChI=1S/C16H21BrN2O2/c1-11(2)14(16(21)19-9-3-4-10-19)18-15(20)12-5-7-13(17)8-6-12/h5-8,11,14H,3-4,9-10H2,1-2H3,(H,18,20)/t14-/m1/s1. The molecule has 0 aliphatic carbocycles. The van der Waals surface area contributed by atoms with E-state index < -0.39 is 6.04 Å². The number of benzene rings is 1. The summed E-state index contributed by atoms with van der Waals surface area (Å²) >= 11 is 3.34. The molecule has 2 rings (SSSR count). The van der Waals surface area contributed by atoms with Gasteiger partial charge in [-0.2, -0.15) is 0 Å². The Hall–Kier alpha value is -1.36. The summed E-state index contributed by atoms with van der Waals surface area (Å²) in [5.41, 5.74) is 0.568. The van der Waals surface area contributed by atoms with Gasteiger partial charge in [0.1, 0.15) is 6.04 Å². The van der Waals surface area contributed by atoms with Crippen molar-refractivity contribution in [1.29, 1.82) is 0 Å². The van der Waals surface area contributed by atoms with E-state index >= 15 is 0 Å². The van der Waals surface area contributed by atoms with E-state index in [-0.39, 0.29) is 17.7 Å². The number of carbonyl (C=O) groups is 2. The number of hydrogen-bond acceptors (Lipinski definition) is 2. The third-order valence-electron chi connectivity index (χ3n) is 3.74. The minimum Gasteiger partial charge on any atom is -0.341 e. The number of amides is 2. The topological polar surface area (TPSA) is 49.4 Å². The van der Waals surface area contributed by atoms with Gasteiger partial charge in [-0.25, -0.2) is 0 Å². The molecule has 114 valence electrons. The van der Waals surface area contributed by atoms with Crippen molar-refractivity contribution in [2.75, 3.05) is 13.1 Å². The second kappa shape index (κ2) is 7.07. The number of likely N-dealkylation sites (tertiary alicyclic amines) is 1. The van der Waals surface area contributed by atoms with Crippen molar-refractivity contribution < 1.29 is 9.59 Å². The van der Waals surface area contributed by atoms with Crippen LogP contribution in [0, 0.1) is 5.92 Å². The highest BCUT2D eigenvalue weighted by Gasteiger charge is 2.30. The normalized spacial score (nSPS) is 16.1. The summed E-state index contributed by atoms with van der Waals surface area (Å²) in [6, 6.07) is 6.68. The molecule has 1 saturated heterocycles. The van der Waals surface area contributed by atoms with Crippen LogP contribution in [0.4, 0.5) is 0 Å². The zero-order valence-corrected chi connectivity index (χ0v) is 14.0. The highest BCUT2D eigenvalue weighted by atomic mass is 79.9. The Morgan fingerprint density at radius 2 is 1.71 bits per heavy atom. The van der Waals surface area contributed by atoms with Crippen LogP contribution in [0.1, 0.15) is 37.0 Å². The van der Waals surface area contributed by atoms with Crippen LogP contribution in [-0.2, 0) is 4.79 Å². The van der Waals surface area contributed by atoms with Gasteiger partial charge in [0, 0.05) is 23.1 Å². The number of hydrogen-bond donors (Lipinski definition) is 1. The predicted molar refractivity (Wildman–Crippen MR) is 86.0 cm³/mol. The Balaban J connectivity index is 2.06. The molecule has 21 heavy (non-hydrogen) atoms.